The van der Waals surface area contributed by atoms with Gasteiger partial charge in [0, 0.05) is 28.9 Å². The molecule has 9 nitrogen and oxygen atoms in total. The van der Waals surface area contributed by atoms with Gasteiger partial charge >= 0.3 is 0 Å². The number of carbonyl (C=O) groups is 3. The zero-order chi connectivity index (χ0) is 29.2. The Bertz CT molecular complexity index is 1410. The summed E-state index contributed by atoms with van der Waals surface area (Å²) in [7, 11) is 0. The summed E-state index contributed by atoms with van der Waals surface area (Å²) in [4.78, 5) is 36.0. The van der Waals surface area contributed by atoms with Crippen LogP contribution in [0.25, 0.3) is 0 Å². The second-order valence-electron chi connectivity index (χ2n) is 8.60. The van der Waals surface area contributed by atoms with Gasteiger partial charge in [-0.3, -0.25) is 19.6 Å². The number of halogens is 3. The van der Waals surface area contributed by atoms with Crippen molar-refractivity contribution in [2.45, 2.75) is 25.6 Å². The maximum Gasteiger partial charge on any atom is 0.268 e. The lowest BCUT2D eigenvalue weighted by molar-refractivity contribution is -0.133. The first kappa shape index (κ1) is 29.9. The molecule has 0 radical (unpaired) electrons. The third-order valence-electron chi connectivity index (χ3n) is 5.49. The van der Waals surface area contributed by atoms with Crippen LogP contribution in [0, 0.1) is 29.3 Å². The lowest BCUT2D eigenvalue weighted by atomic mass is 10.1. The molecular formula is C28H25F3N4O5. The molecule has 0 saturated heterocycles. The van der Waals surface area contributed by atoms with Crippen LogP contribution in [0.1, 0.15) is 34.0 Å². The fraction of sp³-hybridized carbons (Fsp3) is 0.179. The number of benzene rings is 3. The molecule has 0 spiro atoms. The van der Waals surface area contributed by atoms with Crippen LogP contribution in [0.4, 0.5) is 18.9 Å². The number of anilines is 1. The molecule has 0 unspecified atom stereocenters. The number of hydroxylamine groups is 1. The number of nitrogens with one attached hydrogen (secondary N) is 4. The van der Waals surface area contributed by atoms with E-state index in [0.29, 0.717) is 16.8 Å². The highest BCUT2D eigenvalue weighted by molar-refractivity contribution is 5.97. The standard InChI is InChI=1S/C28H25F3N4O5/c1-16(36)26(28(39)35-40)34-27(38)20-8-4-17(5-9-20)2-3-18-6-10-21(11-7-18)33-24(37)15-32-14-19-12-22(29)25(31)23(30)13-19/h4-13,16,26,32,36,40H,14-15H2,1H3,(H,33,37)(H,34,38)(H,35,39)/t16-,26+/m1/s1. The van der Waals surface area contributed by atoms with Gasteiger partial charge in [0.1, 0.15) is 6.04 Å². The van der Waals surface area contributed by atoms with E-state index in [1.807, 2.05) is 0 Å². The summed E-state index contributed by atoms with van der Waals surface area (Å²) in [5, 5.41) is 26.1. The van der Waals surface area contributed by atoms with Gasteiger partial charge in [0.15, 0.2) is 17.5 Å². The van der Waals surface area contributed by atoms with Crippen LogP contribution in [-0.2, 0) is 16.1 Å². The number of hydrogen-bond donors (Lipinski definition) is 6. The molecule has 0 fully saturated rings. The Kier molecular flexibility index (Phi) is 10.4. The summed E-state index contributed by atoms with van der Waals surface area (Å²) >= 11 is 0. The van der Waals surface area contributed by atoms with Crippen molar-refractivity contribution in [3.8, 4) is 11.8 Å². The minimum Gasteiger partial charge on any atom is -0.391 e. The minimum absolute atomic E-state index is 0.0367. The summed E-state index contributed by atoms with van der Waals surface area (Å²) in [5.41, 5.74) is 3.50. The van der Waals surface area contributed by atoms with Crippen LogP contribution in [-0.4, -0.2) is 46.7 Å². The van der Waals surface area contributed by atoms with E-state index in [1.54, 1.807) is 36.4 Å². The van der Waals surface area contributed by atoms with Gasteiger partial charge < -0.3 is 21.1 Å². The average molecular weight is 555 g/mol. The first-order chi connectivity index (χ1) is 19.1. The predicted octanol–water partition coefficient (Wildman–Crippen LogP) is 2.22. The first-order valence-electron chi connectivity index (χ1n) is 11.9. The van der Waals surface area contributed by atoms with E-state index in [0.717, 1.165) is 12.1 Å². The second-order valence-corrected chi connectivity index (χ2v) is 8.60. The molecule has 2 atom stereocenters. The number of hydrogen-bond acceptors (Lipinski definition) is 6. The molecule has 12 heteroatoms. The summed E-state index contributed by atoms with van der Waals surface area (Å²) in [5.74, 6) is -0.250. The van der Waals surface area contributed by atoms with Gasteiger partial charge in [-0.05, 0) is 73.2 Å². The fourth-order valence-electron chi connectivity index (χ4n) is 3.42. The normalized spacial score (nSPS) is 11.9. The molecule has 6 N–H and O–H groups in total. The van der Waals surface area contributed by atoms with Gasteiger partial charge in [-0.1, -0.05) is 11.8 Å². The van der Waals surface area contributed by atoms with Crippen molar-refractivity contribution in [3.63, 3.8) is 0 Å². The van der Waals surface area contributed by atoms with E-state index in [2.05, 4.69) is 27.8 Å². The molecule has 0 aliphatic carbocycles. The van der Waals surface area contributed by atoms with Crippen molar-refractivity contribution in [3.05, 3.63) is 100 Å². The lowest BCUT2D eigenvalue weighted by Crippen LogP contribution is -2.51. The van der Waals surface area contributed by atoms with Crippen molar-refractivity contribution in [2.24, 2.45) is 0 Å². The van der Waals surface area contributed by atoms with Gasteiger partial charge in [-0.25, -0.2) is 18.7 Å². The van der Waals surface area contributed by atoms with E-state index in [-0.39, 0.29) is 24.2 Å². The first-order valence-corrected chi connectivity index (χ1v) is 11.9. The van der Waals surface area contributed by atoms with Gasteiger partial charge in [0.05, 0.1) is 12.6 Å². The van der Waals surface area contributed by atoms with Gasteiger partial charge in [-0.15, -0.1) is 0 Å². The van der Waals surface area contributed by atoms with Crippen LogP contribution in [0.15, 0.2) is 60.7 Å². The molecule has 3 aromatic rings. The topological polar surface area (TPSA) is 140 Å². The number of aliphatic hydroxyl groups is 1. The van der Waals surface area contributed by atoms with Gasteiger partial charge in [-0.2, -0.15) is 0 Å². The molecule has 0 heterocycles. The maximum atomic E-state index is 13.3. The van der Waals surface area contributed by atoms with Crippen LogP contribution in [0.3, 0.4) is 0 Å². The molecule has 0 aliphatic heterocycles. The molecule has 208 valence electrons. The molecule has 3 aromatic carbocycles. The summed E-state index contributed by atoms with van der Waals surface area (Å²) in [6, 6.07) is 13.2. The second kappa shape index (κ2) is 13.9. The molecule has 0 aliphatic rings. The zero-order valence-corrected chi connectivity index (χ0v) is 21.1. The van der Waals surface area contributed by atoms with Crippen LogP contribution in [0.5, 0.6) is 0 Å². The Balaban J connectivity index is 1.50. The van der Waals surface area contributed by atoms with Gasteiger partial charge in [0.2, 0.25) is 5.91 Å². The highest BCUT2D eigenvalue weighted by atomic mass is 19.2. The van der Waals surface area contributed by atoms with E-state index in [4.69, 9.17) is 5.21 Å². The van der Waals surface area contributed by atoms with Crippen molar-refractivity contribution >= 4 is 23.4 Å². The SMILES string of the molecule is C[C@@H](O)[C@H](NC(=O)c1ccc(C#Cc2ccc(NC(=O)CNCc3cc(F)c(F)c(F)c3)cc2)cc1)C(=O)NO. The van der Waals surface area contributed by atoms with E-state index in [1.165, 1.54) is 24.5 Å². The Labute approximate surface area is 227 Å². The summed E-state index contributed by atoms with van der Waals surface area (Å²) in [6.45, 7) is 1.11. The van der Waals surface area contributed by atoms with Crippen LogP contribution in [0.2, 0.25) is 0 Å². The monoisotopic (exact) mass is 554 g/mol. The smallest absolute Gasteiger partial charge is 0.268 e. The zero-order valence-electron chi connectivity index (χ0n) is 21.1. The Morgan fingerprint density at radius 1 is 0.900 bits per heavy atom. The van der Waals surface area contributed by atoms with E-state index >= 15 is 0 Å². The third-order valence-corrected chi connectivity index (χ3v) is 5.49. The Hall–Kier alpha value is -4.70. The predicted molar refractivity (Wildman–Crippen MR) is 138 cm³/mol. The minimum atomic E-state index is -1.55. The Morgan fingerprint density at radius 2 is 1.45 bits per heavy atom. The molecule has 3 rings (SSSR count). The number of carbonyl (C=O) groups excluding carboxylic acids is 3. The van der Waals surface area contributed by atoms with Crippen LogP contribution < -0.4 is 21.4 Å². The molecule has 3 amide bonds. The summed E-state index contributed by atoms with van der Waals surface area (Å²) < 4.78 is 39.5. The van der Waals surface area contributed by atoms with E-state index < -0.39 is 47.3 Å². The summed E-state index contributed by atoms with van der Waals surface area (Å²) in [6.07, 6.45) is -1.23. The lowest BCUT2D eigenvalue weighted by Gasteiger charge is -2.19. The highest BCUT2D eigenvalue weighted by Gasteiger charge is 2.25. The molecule has 40 heavy (non-hydrogen) atoms. The van der Waals surface area contributed by atoms with Crippen molar-refractivity contribution < 1.29 is 37.9 Å². The van der Waals surface area contributed by atoms with Crippen molar-refractivity contribution in [1.29, 1.82) is 0 Å². The van der Waals surface area contributed by atoms with Crippen molar-refractivity contribution in [2.75, 3.05) is 11.9 Å². The highest BCUT2D eigenvalue weighted by Crippen LogP contribution is 2.14. The Morgan fingerprint density at radius 3 is 1.98 bits per heavy atom. The van der Waals surface area contributed by atoms with Crippen LogP contribution >= 0.6 is 0 Å². The molecule has 0 saturated carbocycles. The van der Waals surface area contributed by atoms with Crippen molar-refractivity contribution in [1.82, 2.24) is 16.1 Å². The number of amides is 3. The molecule has 0 aromatic heterocycles. The van der Waals surface area contributed by atoms with E-state index in [9.17, 15) is 32.7 Å². The number of rotatable bonds is 9. The fourth-order valence-corrected chi connectivity index (χ4v) is 3.42. The molecular weight excluding hydrogens is 529 g/mol. The van der Waals surface area contributed by atoms with Gasteiger partial charge in [0.25, 0.3) is 11.8 Å². The molecule has 0 bridgehead atoms. The largest absolute Gasteiger partial charge is 0.391 e. The number of aliphatic hydroxyl groups excluding tert-OH is 1. The third kappa shape index (κ3) is 8.40. The quantitative estimate of drug-likeness (QED) is 0.104. The maximum absolute atomic E-state index is 13.3. The average Bonchev–Trinajstić information content (AvgIpc) is 2.93.